The van der Waals surface area contributed by atoms with Crippen molar-refractivity contribution in [1.82, 2.24) is 9.88 Å². The molecule has 2 atom stereocenters. The van der Waals surface area contributed by atoms with Crippen LogP contribution in [0, 0.1) is 0 Å². The number of hydrogen-bond acceptors (Lipinski definition) is 4. The summed E-state index contributed by atoms with van der Waals surface area (Å²) >= 11 is 0. The summed E-state index contributed by atoms with van der Waals surface area (Å²) in [4.78, 5) is 16.9. The Kier molecular flexibility index (Phi) is 5.08. The molecule has 2 heterocycles. The maximum absolute atomic E-state index is 12.5. The van der Waals surface area contributed by atoms with Gasteiger partial charge in [-0.1, -0.05) is 6.07 Å². The summed E-state index contributed by atoms with van der Waals surface area (Å²) < 4.78 is 42.9. The molecule has 0 radical (unpaired) electrons. The third-order valence-corrected chi connectivity index (χ3v) is 3.66. The van der Waals surface area contributed by atoms with Crippen LogP contribution in [-0.2, 0) is 17.3 Å². The molecule has 0 aromatic carbocycles. The molecule has 1 aromatic rings. The van der Waals surface area contributed by atoms with Gasteiger partial charge in [-0.05, 0) is 51.7 Å². The number of carbonyl (C=O) groups is 1. The number of halogens is 3. The Labute approximate surface area is 138 Å². The second kappa shape index (κ2) is 6.58. The summed E-state index contributed by atoms with van der Waals surface area (Å²) in [6.07, 6.45) is -3.66. The minimum atomic E-state index is -4.48. The van der Waals surface area contributed by atoms with Crippen molar-refractivity contribution in [2.75, 3.05) is 0 Å². The van der Waals surface area contributed by atoms with E-state index >= 15 is 0 Å². The van der Waals surface area contributed by atoms with E-state index in [1.54, 1.807) is 20.8 Å². The summed E-state index contributed by atoms with van der Waals surface area (Å²) in [6, 6.07) is 1.92. The van der Waals surface area contributed by atoms with Gasteiger partial charge >= 0.3 is 12.3 Å². The number of aromatic nitrogens is 1. The highest BCUT2D eigenvalue weighted by Gasteiger charge is 2.38. The fourth-order valence-corrected chi connectivity index (χ4v) is 2.63. The number of aliphatic hydroxyl groups is 1. The average molecular weight is 346 g/mol. The summed E-state index contributed by atoms with van der Waals surface area (Å²) in [6.45, 7) is 5.17. The molecule has 0 aliphatic carbocycles. The molecule has 1 saturated heterocycles. The molecular formula is C16H21F3N2O3. The fraction of sp³-hybridized carbons (Fsp3) is 0.625. The highest BCUT2D eigenvalue weighted by atomic mass is 19.4. The van der Waals surface area contributed by atoms with E-state index in [9.17, 15) is 23.1 Å². The van der Waals surface area contributed by atoms with Crippen molar-refractivity contribution >= 4 is 6.09 Å². The summed E-state index contributed by atoms with van der Waals surface area (Å²) in [5.41, 5.74) is -1.09. The normalized spacial score (nSPS) is 21.9. The van der Waals surface area contributed by atoms with Gasteiger partial charge in [0.2, 0.25) is 0 Å². The monoisotopic (exact) mass is 346 g/mol. The molecule has 0 bridgehead atoms. The fourth-order valence-electron chi connectivity index (χ4n) is 2.63. The SMILES string of the molecule is CC(C)(C)OC(=O)N1[C@@H](Cc2ccc(C(F)(F)F)nc2)CC[C@H]1O. The standard InChI is InChI=1S/C16H21F3N2O3/c1-15(2,3)24-14(23)21-11(5-7-13(21)22)8-10-4-6-12(20-9-10)16(17,18)19/h4,6,9,11,13,22H,5,7-8H2,1-3H3/t11-,13-/m1/s1. The molecule has 0 spiro atoms. The van der Waals surface area contributed by atoms with Crippen molar-refractivity contribution in [1.29, 1.82) is 0 Å². The van der Waals surface area contributed by atoms with E-state index in [2.05, 4.69) is 4.98 Å². The van der Waals surface area contributed by atoms with Crippen LogP contribution in [0.1, 0.15) is 44.9 Å². The molecule has 5 nitrogen and oxygen atoms in total. The maximum Gasteiger partial charge on any atom is 0.433 e. The van der Waals surface area contributed by atoms with Gasteiger partial charge in [0.15, 0.2) is 0 Å². The molecule has 8 heteroatoms. The molecule has 1 N–H and O–H groups in total. The van der Waals surface area contributed by atoms with Crippen LogP contribution in [0.5, 0.6) is 0 Å². The van der Waals surface area contributed by atoms with Crippen molar-refractivity contribution in [3.8, 4) is 0 Å². The van der Waals surface area contributed by atoms with E-state index < -0.39 is 29.8 Å². The third-order valence-electron chi connectivity index (χ3n) is 3.66. The van der Waals surface area contributed by atoms with E-state index in [0.717, 1.165) is 12.3 Å². The van der Waals surface area contributed by atoms with Gasteiger partial charge in [0.25, 0.3) is 0 Å². The second-order valence-corrected chi connectivity index (χ2v) is 6.85. The van der Waals surface area contributed by atoms with Gasteiger partial charge in [0.1, 0.15) is 17.5 Å². The van der Waals surface area contributed by atoms with Crippen LogP contribution in [0.15, 0.2) is 18.3 Å². The second-order valence-electron chi connectivity index (χ2n) is 6.85. The first kappa shape index (κ1) is 18.5. The first-order valence-corrected chi connectivity index (χ1v) is 7.69. The van der Waals surface area contributed by atoms with Crippen LogP contribution in [0.2, 0.25) is 0 Å². The number of alkyl halides is 3. The molecule has 1 fully saturated rings. The highest BCUT2D eigenvalue weighted by Crippen LogP contribution is 2.29. The Bertz CT molecular complexity index is 582. The number of nitrogens with zero attached hydrogens (tertiary/aromatic N) is 2. The van der Waals surface area contributed by atoms with E-state index in [4.69, 9.17) is 4.74 Å². The van der Waals surface area contributed by atoms with Crippen molar-refractivity contribution in [2.24, 2.45) is 0 Å². The summed E-state index contributed by atoms with van der Waals surface area (Å²) in [5, 5.41) is 10.0. The number of pyridine rings is 1. The smallest absolute Gasteiger partial charge is 0.433 e. The Hall–Kier alpha value is -1.83. The van der Waals surface area contributed by atoms with Gasteiger partial charge in [-0.15, -0.1) is 0 Å². The van der Waals surface area contributed by atoms with Crippen molar-refractivity contribution in [2.45, 2.75) is 64.1 Å². The number of ether oxygens (including phenoxy) is 1. The lowest BCUT2D eigenvalue weighted by Crippen LogP contribution is -2.45. The molecular weight excluding hydrogens is 325 g/mol. The molecule has 2 rings (SSSR count). The summed E-state index contributed by atoms with van der Waals surface area (Å²) in [7, 11) is 0. The van der Waals surface area contributed by atoms with Crippen LogP contribution in [-0.4, -0.2) is 39.0 Å². The quantitative estimate of drug-likeness (QED) is 0.892. The molecule has 134 valence electrons. The lowest BCUT2D eigenvalue weighted by molar-refractivity contribution is -0.141. The zero-order valence-electron chi connectivity index (χ0n) is 13.8. The van der Waals surface area contributed by atoms with Gasteiger partial charge in [0, 0.05) is 12.2 Å². The maximum atomic E-state index is 12.5. The molecule has 0 unspecified atom stereocenters. The van der Waals surface area contributed by atoms with Crippen LogP contribution in [0.25, 0.3) is 0 Å². The van der Waals surface area contributed by atoms with Crippen LogP contribution in [0.3, 0.4) is 0 Å². The minimum absolute atomic E-state index is 0.307. The first-order valence-electron chi connectivity index (χ1n) is 7.69. The van der Waals surface area contributed by atoms with Gasteiger partial charge < -0.3 is 9.84 Å². The molecule has 1 aliphatic heterocycles. The van der Waals surface area contributed by atoms with E-state index in [0.29, 0.717) is 24.8 Å². The number of likely N-dealkylation sites (tertiary alicyclic amines) is 1. The van der Waals surface area contributed by atoms with E-state index in [1.807, 2.05) is 0 Å². The topological polar surface area (TPSA) is 62.7 Å². The van der Waals surface area contributed by atoms with Gasteiger partial charge in [0.05, 0.1) is 0 Å². The number of amides is 1. The largest absolute Gasteiger partial charge is 0.444 e. The van der Waals surface area contributed by atoms with Crippen LogP contribution >= 0.6 is 0 Å². The number of hydrogen-bond donors (Lipinski definition) is 1. The van der Waals surface area contributed by atoms with Crippen LogP contribution in [0.4, 0.5) is 18.0 Å². The molecule has 1 amide bonds. The number of aliphatic hydroxyl groups excluding tert-OH is 1. The van der Waals surface area contributed by atoms with E-state index in [-0.39, 0.29) is 6.04 Å². The predicted octanol–water partition coefficient (Wildman–Crippen LogP) is 3.36. The molecule has 1 aromatic heterocycles. The average Bonchev–Trinajstić information content (AvgIpc) is 2.77. The zero-order valence-corrected chi connectivity index (χ0v) is 13.8. The van der Waals surface area contributed by atoms with E-state index in [1.165, 1.54) is 11.0 Å². The lowest BCUT2D eigenvalue weighted by Gasteiger charge is -2.30. The predicted molar refractivity (Wildman–Crippen MR) is 80.0 cm³/mol. The van der Waals surface area contributed by atoms with Crippen molar-refractivity contribution < 1.29 is 27.8 Å². The lowest BCUT2D eigenvalue weighted by atomic mass is 10.1. The summed E-state index contributed by atoms with van der Waals surface area (Å²) in [5.74, 6) is 0. The minimum Gasteiger partial charge on any atom is -0.444 e. The molecule has 0 saturated carbocycles. The zero-order chi connectivity index (χ0) is 18.1. The third kappa shape index (κ3) is 4.59. The van der Waals surface area contributed by atoms with Gasteiger partial charge in [-0.25, -0.2) is 4.79 Å². The Morgan fingerprint density at radius 2 is 2.00 bits per heavy atom. The van der Waals surface area contributed by atoms with Gasteiger partial charge in [-0.2, -0.15) is 13.2 Å². The van der Waals surface area contributed by atoms with Crippen molar-refractivity contribution in [3.63, 3.8) is 0 Å². The Balaban J connectivity index is 2.09. The van der Waals surface area contributed by atoms with Crippen LogP contribution < -0.4 is 0 Å². The highest BCUT2D eigenvalue weighted by molar-refractivity contribution is 5.69. The molecule has 1 aliphatic rings. The Morgan fingerprint density at radius 1 is 1.33 bits per heavy atom. The molecule has 24 heavy (non-hydrogen) atoms. The first-order chi connectivity index (χ1) is 11.0. The van der Waals surface area contributed by atoms with Gasteiger partial charge in [-0.3, -0.25) is 9.88 Å². The number of rotatable bonds is 2. The number of carbonyl (C=O) groups excluding carboxylic acids is 1. The Morgan fingerprint density at radius 3 is 2.50 bits per heavy atom. The van der Waals surface area contributed by atoms with Crippen molar-refractivity contribution in [3.05, 3.63) is 29.6 Å².